The summed E-state index contributed by atoms with van der Waals surface area (Å²) in [7, 11) is 1.86. The van der Waals surface area contributed by atoms with Crippen LogP contribution in [0.5, 0.6) is 0 Å². The second kappa shape index (κ2) is 8.40. The number of carbonyl (C=O) groups is 1. The number of hydrogen-bond acceptors (Lipinski definition) is 7. The molecule has 4 heterocycles. The number of hydrogen-bond donors (Lipinski definition) is 0. The maximum absolute atomic E-state index is 13.4. The van der Waals surface area contributed by atoms with Crippen LogP contribution in [-0.4, -0.2) is 66.8 Å². The summed E-state index contributed by atoms with van der Waals surface area (Å²) in [6, 6.07) is 9.93. The van der Waals surface area contributed by atoms with E-state index in [1.807, 2.05) is 63.1 Å². The van der Waals surface area contributed by atoms with Gasteiger partial charge in [-0.25, -0.2) is 4.98 Å². The van der Waals surface area contributed by atoms with Crippen molar-refractivity contribution in [1.82, 2.24) is 34.7 Å². The molecular formula is C24H27N7O2. The predicted octanol–water partition coefficient (Wildman–Crippen LogP) is 2.90. The van der Waals surface area contributed by atoms with E-state index in [9.17, 15) is 4.79 Å². The van der Waals surface area contributed by atoms with Crippen molar-refractivity contribution in [2.24, 2.45) is 7.05 Å². The van der Waals surface area contributed by atoms with Gasteiger partial charge in [0.05, 0.1) is 23.2 Å². The first-order valence-corrected chi connectivity index (χ1v) is 11.1. The average molecular weight is 446 g/mol. The van der Waals surface area contributed by atoms with E-state index in [1.165, 1.54) is 5.56 Å². The lowest BCUT2D eigenvalue weighted by Gasteiger charge is -2.34. The third kappa shape index (κ3) is 4.11. The van der Waals surface area contributed by atoms with Gasteiger partial charge in [-0.1, -0.05) is 35.0 Å². The van der Waals surface area contributed by atoms with Crippen molar-refractivity contribution in [2.45, 2.75) is 27.3 Å². The van der Waals surface area contributed by atoms with Gasteiger partial charge < -0.3 is 9.42 Å². The maximum atomic E-state index is 13.4. The van der Waals surface area contributed by atoms with Gasteiger partial charge in [-0.2, -0.15) is 10.1 Å². The van der Waals surface area contributed by atoms with Gasteiger partial charge in [0.2, 0.25) is 11.7 Å². The molecule has 33 heavy (non-hydrogen) atoms. The summed E-state index contributed by atoms with van der Waals surface area (Å²) in [6.45, 7) is 9.21. The quantitative estimate of drug-likeness (QED) is 0.477. The standard InChI is InChI=1S/C24H27N7O2/c1-15-5-7-18(8-6-15)22-26-20(33-28-22)14-30-9-11-31(12-10-30)24(32)19-13-16(2)25-23-21(19)17(3)27-29(23)4/h5-8,13H,9-12,14H2,1-4H3. The third-order valence-corrected chi connectivity index (χ3v) is 6.12. The van der Waals surface area contributed by atoms with Gasteiger partial charge in [0.25, 0.3) is 5.91 Å². The van der Waals surface area contributed by atoms with Crippen LogP contribution in [0.2, 0.25) is 0 Å². The summed E-state index contributed by atoms with van der Waals surface area (Å²) in [5.74, 6) is 1.21. The number of fused-ring (bicyclic) bond motifs is 1. The summed E-state index contributed by atoms with van der Waals surface area (Å²) in [5.41, 5.74) is 5.19. The van der Waals surface area contributed by atoms with Crippen molar-refractivity contribution in [1.29, 1.82) is 0 Å². The number of pyridine rings is 1. The minimum atomic E-state index is 0.0284. The van der Waals surface area contributed by atoms with Crippen molar-refractivity contribution in [3.8, 4) is 11.4 Å². The molecule has 9 heteroatoms. The predicted molar refractivity (Wildman–Crippen MR) is 124 cm³/mol. The molecule has 1 amide bonds. The topological polar surface area (TPSA) is 93.2 Å². The van der Waals surface area contributed by atoms with Crippen LogP contribution in [0, 0.1) is 20.8 Å². The third-order valence-electron chi connectivity index (χ3n) is 6.12. The molecule has 0 N–H and O–H groups in total. The van der Waals surface area contributed by atoms with Gasteiger partial charge in [0.1, 0.15) is 0 Å². The molecule has 1 aromatic carbocycles. The zero-order chi connectivity index (χ0) is 23.1. The number of rotatable bonds is 4. The van der Waals surface area contributed by atoms with Crippen LogP contribution < -0.4 is 0 Å². The fraction of sp³-hybridized carbons (Fsp3) is 0.375. The molecule has 0 bridgehead atoms. The fourth-order valence-corrected chi connectivity index (χ4v) is 4.35. The first-order chi connectivity index (χ1) is 15.9. The molecule has 0 spiro atoms. The highest BCUT2D eigenvalue weighted by Gasteiger charge is 2.26. The Bertz CT molecular complexity index is 1310. The van der Waals surface area contributed by atoms with Gasteiger partial charge in [-0.3, -0.25) is 14.4 Å². The van der Waals surface area contributed by atoms with E-state index in [0.717, 1.165) is 41.1 Å². The molecule has 4 aromatic rings. The SMILES string of the molecule is Cc1ccc(-c2noc(CN3CCN(C(=O)c4cc(C)nc5c4c(C)nn5C)CC3)n2)cc1. The lowest BCUT2D eigenvalue weighted by atomic mass is 10.1. The van der Waals surface area contributed by atoms with Gasteiger partial charge in [-0.05, 0) is 26.8 Å². The van der Waals surface area contributed by atoms with E-state index in [1.54, 1.807) is 4.68 Å². The Kier molecular flexibility index (Phi) is 5.41. The maximum Gasteiger partial charge on any atom is 0.254 e. The second-order valence-corrected chi connectivity index (χ2v) is 8.66. The normalized spacial score (nSPS) is 14.8. The first-order valence-electron chi connectivity index (χ1n) is 11.1. The van der Waals surface area contributed by atoms with Crippen molar-refractivity contribution in [2.75, 3.05) is 26.2 Å². The van der Waals surface area contributed by atoms with Crippen molar-refractivity contribution in [3.05, 3.63) is 58.7 Å². The number of benzene rings is 1. The number of carbonyl (C=O) groups excluding carboxylic acids is 1. The molecule has 1 aliphatic heterocycles. The minimum Gasteiger partial charge on any atom is -0.338 e. The summed E-state index contributed by atoms with van der Waals surface area (Å²) in [4.78, 5) is 26.6. The minimum absolute atomic E-state index is 0.0284. The van der Waals surface area contributed by atoms with Crippen LogP contribution in [0.15, 0.2) is 34.9 Å². The Labute approximate surface area is 192 Å². The lowest BCUT2D eigenvalue weighted by molar-refractivity contribution is 0.0617. The van der Waals surface area contributed by atoms with Gasteiger partial charge in [0, 0.05) is 44.5 Å². The van der Waals surface area contributed by atoms with Crippen LogP contribution >= 0.6 is 0 Å². The Morgan fingerprint density at radius 1 is 1.03 bits per heavy atom. The number of nitrogens with zero attached hydrogens (tertiary/aromatic N) is 7. The largest absolute Gasteiger partial charge is 0.338 e. The van der Waals surface area contributed by atoms with E-state index in [0.29, 0.717) is 36.9 Å². The highest BCUT2D eigenvalue weighted by molar-refractivity contribution is 6.06. The highest BCUT2D eigenvalue weighted by atomic mass is 16.5. The second-order valence-electron chi connectivity index (χ2n) is 8.66. The average Bonchev–Trinajstić information content (AvgIpc) is 3.38. The van der Waals surface area contributed by atoms with E-state index >= 15 is 0 Å². The summed E-state index contributed by atoms with van der Waals surface area (Å²) in [6.07, 6.45) is 0. The van der Waals surface area contributed by atoms with E-state index < -0.39 is 0 Å². The number of piperazine rings is 1. The molecular weight excluding hydrogens is 418 g/mol. The molecule has 0 aliphatic carbocycles. The van der Waals surface area contributed by atoms with Gasteiger partial charge in [-0.15, -0.1) is 0 Å². The number of amides is 1. The van der Waals surface area contributed by atoms with Crippen molar-refractivity contribution >= 4 is 16.9 Å². The lowest BCUT2D eigenvalue weighted by Crippen LogP contribution is -2.48. The molecule has 0 atom stereocenters. The van der Waals surface area contributed by atoms with E-state index in [4.69, 9.17) is 4.52 Å². The van der Waals surface area contributed by atoms with Crippen molar-refractivity contribution < 1.29 is 9.32 Å². The molecule has 1 saturated heterocycles. The molecule has 1 aliphatic rings. The Balaban J connectivity index is 1.25. The zero-order valence-electron chi connectivity index (χ0n) is 19.4. The Morgan fingerprint density at radius 3 is 2.48 bits per heavy atom. The monoisotopic (exact) mass is 445 g/mol. The molecule has 0 unspecified atom stereocenters. The summed E-state index contributed by atoms with van der Waals surface area (Å²) < 4.78 is 7.21. The molecule has 3 aromatic heterocycles. The van der Waals surface area contributed by atoms with Gasteiger partial charge >= 0.3 is 0 Å². The number of aryl methyl sites for hydroxylation is 4. The molecule has 170 valence electrons. The Morgan fingerprint density at radius 2 is 1.76 bits per heavy atom. The molecule has 0 radical (unpaired) electrons. The number of aromatic nitrogens is 5. The van der Waals surface area contributed by atoms with Crippen LogP contribution in [0.4, 0.5) is 0 Å². The molecule has 9 nitrogen and oxygen atoms in total. The summed E-state index contributed by atoms with van der Waals surface area (Å²) in [5, 5.41) is 9.42. The van der Waals surface area contributed by atoms with Crippen LogP contribution in [0.3, 0.4) is 0 Å². The highest BCUT2D eigenvalue weighted by Crippen LogP contribution is 2.24. The summed E-state index contributed by atoms with van der Waals surface area (Å²) >= 11 is 0. The van der Waals surface area contributed by atoms with E-state index in [2.05, 4.69) is 25.1 Å². The first kappa shape index (κ1) is 21.3. The Hall–Kier alpha value is -3.59. The molecule has 1 fully saturated rings. The van der Waals surface area contributed by atoms with Crippen LogP contribution in [0.25, 0.3) is 22.4 Å². The zero-order valence-corrected chi connectivity index (χ0v) is 19.4. The fourth-order valence-electron chi connectivity index (χ4n) is 4.35. The molecule has 5 rings (SSSR count). The van der Waals surface area contributed by atoms with Gasteiger partial charge in [0.15, 0.2) is 5.65 Å². The van der Waals surface area contributed by atoms with E-state index in [-0.39, 0.29) is 5.91 Å². The van der Waals surface area contributed by atoms with Crippen molar-refractivity contribution in [3.63, 3.8) is 0 Å². The van der Waals surface area contributed by atoms with Crippen LogP contribution in [0.1, 0.15) is 33.2 Å². The molecule has 0 saturated carbocycles. The smallest absolute Gasteiger partial charge is 0.254 e. The van der Waals surface area contributed by atoms with Crippen LogP contribution in [-0.2, 0) is 13.6 Å².